The first-order valence-electron chi connectivity index (χ1n) is 6.67. The number of alkyl halides is 6. The molecule has 0 radical (unpaired) electrons. The fourth-order valence-electron chi connectivity index (χ4n) is 2.45. The van der Waals surface area contributed by atoms with Gasteiger partial charge in [0.05, 0.1) is 11.6 Å². The monoisotopic (exact) mass is 347 g/mol. The van der Waals surface area contributed by atoms with E-state index in [1.54, 1.807) is 30.3 Å². The fraction of sp³-hybridized carbons (Fsp3) is 0.333. The zero-order valence-electron chi connectivity index (χ0n) is 12.3. The normalized spacial score (nSPS) is 17.8. The van der Waals surface area contributed by atoms with E-state index in [4.69, 9.17) is 5.26 Å². The Kier molecular flexibility index (Phi) is 4.35. The van der Waals surface area contributed by atoms with Gasteiger partial charge >= 0.3 is 12.4 Å². The Bertz CT molecular complexity index is 708. The minimum atomic E-state index is -5.80. The van der Waals surface area contributed by atoms with Crippen LogP contribution in [-0.2, 0) is 6.42 Å². The van der Waals surface area contributed by atoms with Crippen molar-refractivity contribution in [3.8, 4) is 6.07 Å². The van der Waals surface area contributed by atoms with E-state index >= 15 is 0 Å². The number of nitrogens with one attached hydrogen (secondary N) is 1. The Labute approximate surface area is 133 Å². The van der Waals surface area contributed by atoms with Crippen LogP contribution >= 0.6 is 0 Å². The number of hydrogen-bond donors (Lipinski definition) is 1. The van der Waals surface area contributed by atoms with Crippen LogP contribution in [0.2, 0.25) is 0 Å². The summed E-state index contributed by atoms with van der Waals surface area (Å²) in [7, 11) is 0. The van der Waals surface area contributed by atoms with E-state index in [0.717, 1.165) is 13.0 Å². The Morgan fingerprint density at radius 2 is 1.62 bits per heavy atom. The summed E-state index contributed by atoms with van der Waals surface area (Å²) in [6.07, 6.45) is -11.9. The molecule has 1 N–H and O–H groups in total. The van der Waals surface area contributed by atoms with Crippen LogP contribution in [0.3, 0.4) is 0 Å². The highest BCUT2D eigenvalue weighted by Gasteiger charge is 2.75. The van der Waals surface area contributed by atoms with Crippen molar-refractivity contribution in [3.63, 3.8) is 0 Å². The van der Waals surface area contributed by atoms with Gasteiger partial charge in [0.2, 0.25) is 0 Å². The van der Waals surface area contributed by atoms with Crippen molar-refractivity contribution in [2.24, 2.45) is 4.99 Å². The lowest BCUT2D eigenvalue weighted by atomic mass is 9.86. The maximum atomic E-state index is 13.4. The molecule has 1 aliphatic heterocycles. The van der Waals surface area contributed by atoms with Gasteiger partial charge in [0.1, 0.15) is 5.84 Å². The quantitative estimate of drug-likeness (QED) is 0.825. The van der Waals surface area contributed by atoms with E-state index in [0.29, 0.717) is 5.56 Å². The van der Waals surface area contributed by atoms with Gasteiger partial charge < -0.3 is 5.32 Å². The summed E-state index contributed by atoms with van der Waals surface area (Å²) in [6, 6.07) is 8.97. The van der Waals surface area contributed by atoms with Crippen LogP contribution in [0.1, 0.15) is 12.5 Å². The maximum Gasteiger partial charge on any atom is 0.427 e. The zero-order valence-corrected chi connectivity index (χ0v) is 12.3. The molecule has 24 heavy (non-hydrogen) atoms. The Hall–Kier alpha value is -2.50. The molecule has 1 heterocycles. The van der Waals surface area contributed by atoms with Gasteiger partial charge in [-0.15, -0.1) is 0 Å². The Morgan fingerprint density at radius 3 is 2.08 bits per heavy atom. The topological polar surface area (TPSA) is 48.2 Å². The molecule has 0 amide bonds. The lowest BCUT2D eigenvalue weighted by Gasteiger charge is -2.37. The fourth-order valence-corrected chi connectivity index (χ4v) is 2.45. The van der Waals surface area contributed by atoms with Crippen molar-refractivity contribution in [1.29, 1.82) is 5.26 Å². The van der Waals surface area contributed by atoms with E-state index < -0.39 is 35.0 Å². The third-order valence-corrected chi connectivity index (χ3v) is 3.52. The highest BCUT2D eigenvalue weighted by molar-refractivity contribution is 5.88. The van der Waals surface area contributed by atoms with Gasteiger partial charge in [-0.3, -0.25) is 0 Å². The third-order valence-electron chi connectivity index (χ3n) is 3.52. The van der Waals surface area contributed by atoms with Gasteiger partial charge in [0.25, 0.3) is 5.54 Å². The summed E-state index contributed by atoms with van der Waals surface area (Å²) in [4.78, 5) is 2.93. The van der Waals surface area contributed by atoms with Crippen LogP contribution in [0.15, 0.2) is 46.6 Å². The number of nitriles is 1. The van der Waals surface area contributed by atoms with Gasteiger partial charge in [-0.25, -0.2) is 4.99 Å². The number of allylic oxidation sites excluding steroid dienone is 1. The molecule has 0 saturated heterocycles. The van der Waals surface area contributed by atoms with Crippen LogP contribution in [0.4, 0.5) is 26.3 Å². The first-order chi connectivity index (χ1) is 11.0. The molecular formula is C15H11F6N3. The summed E-state index contributed by atoms with van der Waals surface area (Å²) < 4.78 is 80.2. The predicted molar refractivity (Wildman–Crippen MR) is 73.9 cm³/mol. The molecule has 0 bridgehead atoms. The second-order valence-corrected chi connectivity index (χ2v) is 5.16. The van der Waals surface area contributed by atoms with E-state index in [2.05, 4.69) is 10.3 Å². The molecule has 1 aromatic carbocycles. The molecule has 0 unspecified atom stereocenters. The minimum Gasteiger partial charge on any atom is -0.346 e. The van der Waals surface area contributed by atoms with Crippen molar-refractivity contribution in [1.82, 2.24) is 5.32 Å². The van der Waals surface area contributed by atoms with E-state index in [-0.39, 0.29) is 6.42 Å². The number of aliphatic imine (C=N–C) groups is 1. The molecule has 0 saturated carbocycles. The standard InChI is InChI=1S/C15H11F6N3/c1-9-11(8-22)13(14(16,17)18,15(19,20)21)24-12(23-9)7-10-5-3-2-4-6-10/h2-6H,7H2,1H3,(H,23,24). The van der Waals surface area contributed by atoms with Gasteiger partial charge in [-0.2, -0.15) is 31.6 Å². The van der Waals surface area contributed by atoms with Gasteiger partial charge in [0, 0.05) is 12.1 Å². The molecule has 2 rings (SSSR count). The number of nitrogens with zero attached hydrogens (tertiary/aromatic N) is 2. The lowest BCUT2D eigenvalue weighted by molar-refractivity contribution is -0.281. The van der Waals surface area contributed by atoms with Gasteiger partial charge in [0.15, 0.2) is 0 Å². The summed E-state index contributed by atoms with van der Waals surface area (Å²) in [5.74, 6) is -0.507. The molecule has 9 heteroatoms. The summed E-state index contributed by atoms with van der Waals surface area (Å²) in [5, 5.41) is 11.3. The summed E-state index contributed by atoms with van der Waals surface area (Å²) >= 11 is 0. The first-order valence-corrected chi connectivity index (χ1v) is 6.67. The van der Waals surface area contributed by atoms with Crippen molar-refractivity contribution in [2.45, 2.75) is 31.2 Å². The van der Waals surface area contributed by atoms with Gasteiger partial charge in [-0.1, -0.05) is 30.3 Å². The maximum absolute atomic E-state index is 13.4. The zero-order chi connectivity index (χ0) is 18.2. The molecule has 0 atom stereocenters. The number of benzene rings is 1. The molecule has 1 aromatic rings. The smallest absolute Gasteiger partial charge is 0.346 e. The van der Waals surface area contributed by atoms with Crippen LogP contribution in [0, 0.1) is 11.3 Å². The number of rotatable bonds is 2. The van der Waals surface area contributed by atoms with Gasteiger partial charge in [-0.05, 0) is 12.5 Å². The highest BCUT2D eigenvalue weighted by atomic mass is 19.4. The van der Waals surface area contributed by atoms with Crippen molar-refractivity contribution in [2.75, 3.05) is 0 Å². The second-order valence-electron chi connectivity index (χ2n) is 5.16. The summed E-state index contributed by atoms with van der Waals surface area (Å²) in [5.41, 5.74) is -6.10. The van der Waals surface area contributed by atoms with E-state index in [9.17, 15) is 26.3 Å². The molecule has 1 aliphatic rings. The van der Waals surface area contributed by atoms with Crippen LogP contribution < -0.4 is 5.32 Å². The number of amidine groups is 1. The Balaban J connectivity index is 2.63. The van der Waals surface area contributed by atoms with Crippen molar-refractivity contribution < 1.29 is 26.3 Å². The van der Waals surface area contributed by atoms with Crippen LogP contribution in [-0.4, -0.2) is 23.7 Å². The van der Waals surface area contributed by atoms with E-state index in [1.165, 1.54) is 0 Å². The minimum absolute atomic E-state index is 0.259. The van der Waals surface area contributed by atoms with Crippen molar-refractivity contribution in [3.05, 3.63) is 47.2 Å². The highest BCUT2D eigenvalue weighted by Crippen LogP contribution is 2.52. The Morgan fingerprint density at radius 1 is 1.08 bits per heavy atom. The third kappa shape index (κ3) is 2.84. The van der Waals surface area contributed by atoms with Crippen LogP contribution in [0.5, 0.6) is 0 Å². The molecule has 0 aromatic heterocycles. The van der Waals surface area contributed by atoms with Crippen LogP contribution in [0.25, 0.3) is 0 Å². The number of halogens is 6. The molecule has 3 nitrogen and oxygen atoms in total. The summed E-state index contributed by atoms with van der Waals surface area (Å²) in [6.45, 7) is 0.991. The average molecular weight is 347 g/mol. The lowest BCUT2D eigenvalue weighted by Crippen LogP contribution is -2.60. The molecule has 0 aliphatic carbocycles. The molecule has 0 spiro atoms. The second kappa shape index (κ2) is 5.85. The largest absolute Gasteiger partial charge is 0.427 e. The molecule has 0 fully saturated rings. The first kappa shape index (κ1) is 17.8. The van der Waals surface area contributed by atoms with E-state index in [1.807, 2.05) is 0 Å². The SMILES string of the molecule is CC1=C(C#N)C(C(F)(F)F)(C(F)(F)F)N=C(Cc2ccccc2)N1. The number of hydrogen-bond acceptors (Lipinski definition) is 3. The molecular weight excluding hydrogens is 336 g/mol. The van der Waals surface area contributed by atoms with Crippen molar-refractivity contribution >= 4 is 5.84 Å². The average Bonchev–Trinajstić information content (AvgIpc) is 2.45. The molecule has 128 valence electrons. The predicted octanol–water partition coefficient (Wildman–Crippen LogP) is 3.89.